The van der Waals surface area contributed by atoms with E-state index in [0.717, 1.165) is 10.8 Å². The van der Waals surface area contributed by atoms with Crippen molar-refractivity contribution >= 4 is 20.0 Å². The number of sulfonamides is 2. The first-order valence-corrected chi connectivity index (χ1v) is 11.9. The summed E-state index contributed by atoms with van der Waals surface area (Å²) in [4.78, 5) is 2.42. The molecule has 0 amide bonds. The van der Waals surface area contributed by atoms with Gasteiger partial charge in [-0.15, -0.1) is 0 Å². The molecule has 1 heterocycles. The molecule has 1 saturated heterocycles. The van der Waals surface area contributed by atoms with Gasteiger partial charge in [0.2, 0.25) is 20.0 Å². The summed E-state index contributed by atoms with van der Waals surface area (Å²) in [7, 11) is -4.35. The first-order chi connectivity index (χ1) is 13.2. The van der Waals surface area contributed by atoms with E-state index in [-0.39, 0.29) is 9.79 Å². The number of benzene rings is 2. The van der Waals surface area contributed by atoms with Crippen LogP contribution in [0.25, 0.3) is 0 Å². The van der Waals surface area contributed by atoms with Crippen molar-refractivity contribution in [3.8, 4) is 0 Å². The van der Waals surface area contributed by atoms with Crippen LogP contribution in [0.15, 0.2) is 64.4 Å². The molecule has 0 spiro atoms. The summed E-state index contributed by atoms with van der Waals surface area (Å²) in [6.07, 6.45) is 0. The summed E-state index contributed by atoms with van der Waals surface area (Å²) in [6.45, 7) is 2.92. The molecule has 3 rings (SSSR count). The highest BCUT2D eigenvalue weighted by molar-refractivity contribution is 7.89. The third-order valence-corrected chi connectivity index (χ3v) is 8.56. The van der Waals surface area contributed by atoms with Gasteiger partial charge >= 0.3 is 0 Å². The van der Waals surface area contributed by atoms with E-state index in [1.54, 1.807) is 0 Å². The Morgan fingerprint density at radius 1 is 0.786 bits per heavy atom. The minimum absolute atomic E-state index is 0.0733. The fraction of sp³-hybridized carbons (Fsp3) is 0.368. The van der Waals surface area contributed by atoms with Crippen LogP contribution >= 0.6 is 0 Å². The third-order valence-electron chi connectivity index (χ3n) is 4.82. The molecule has 1 aliphatic rings. The molecule has 0 radical (unpaired) electrons. The largest absolute Gasteiger partial charge is 0.296 e. The lowest BCUT2D eigenvalue weighted by atomic mass is 10.2. The Kier molecular flexibility index (Phi) is 6.21. The van der Waals surface area contributed by atoms with E-state index in [2.05, 4.69) is 17.0 Å². The van der Waals surface area contributed by atoms with Crippen LogP contribution in [-0.4, -0.2) is 70.6 Å². The topological polar surface area (TPSA) is 78.0 Å². The molecular weight excluding hydrogens is 398 g/mol. The molecule has 0 unspecified atom stereocenters. The van der Waals surface area contributed by atoms with E-state index in [1.165, 1.54) is 48.2 Å². The molecule has 0 saturated carbocycles. The molecule has 1 fully saturated rings. The highest BCUT2D eigenvalue weighted by Crippen LogP contribution is 2.21. The van der Waals surface area contributed by atoms with E-state index in [0.29, 0.717) is 26.2 Å². The predicted octanol–water partition coefficient (Wildman–Crippen LogP) is 1.44. The number of hydrogen-bond acceptors (Lipinski definition) is 5. The van der Waals surface area contributed by atoms with Crippen molar-refractivity contribution in [2.45, 2.75) is 16.3 Å². The average molecular weight is 424 g/mol. The molecule has 28 heavy (non-hydrogen) atoms. The predicted molar refractivity (Wildman–Crippen MR) is 108 cm³/mol. The molecule has 2 aromatic carbocycles. The first kappa shape index (κ1) is 20.9. The lowest BCUT2D eigenvalue weighted by Gasteiger charge is -2.34. The average Bonchev–Trinajstić information content (AvgIpc) is 2.69. The maximum absolute atomic E-state index is 12.9. The molecule has 1 aliphatic heterocycles. The highest BCUT2D eigenvalue weighted by atomic mass is 32.2. The number of piperazine rings is 1. The number of nitrogens with zero attached hydrogens (tertiary/aromatic N) is 3. The second-order valence-electron chi connectivity index (χ2n) is 6.92. The summed E-state index contributed by atoms with van der Waals surface area (Å²) in [5.41, 5.74) is 1.21. The molecule has 0 bridgehead atoms. The Bertz CT molecular complexity index is 997. The maximum atomic E-state index is 12.9. The Labute approximate surface area is 167 Å². The van der Waals surface area contributed by atoms with Crippen molar-refractivity contribution in [1.29, 1.82) is 0 Å². The van der Waals surface area contributed by atoms with Crippen LogP contribution in [0.5, 0.6) is 0 Å². The summed E-state index contributed by atoms with van der Waals surface area (Å²) >= 11 is 0. The van der Waals surface area contributed by atoms with Gasteiger partial charge in [0.15, 0.2) is 0 Å². The van der Waals surface area contributed by atoms with Crippen LogP contribution in [0.1, 0.15) is 5.56 Å². The smallest absolute Gasteiger partial charge is 0.243 e. The number of hydrogen-bond donors (Lipinski definition) is 0. The molecule has 0 atom stereocenters. The van der Waals surface area contributed by atoms with Crippen LogP contribution in [0.4, 0.5) is 0 Å². The van der Waals surface area contributed by atoms with Gasteiger partial charge in [-0.05, 0) is 29.8 Å². The van der Waals surface area contributed by atoms with Crippen LogP contribution in [0, 0.1) is 0 Å². The minimum atomic E-state index is -3.64. The zero-order chi connectivity index (χ0) is 20.4. The van der Waals surface area contributed by atoms with Gasteiger partial charge in [-0.3, -0.25) is 4.90 Å². The van der Waals surface area contributed by atoms with Gasteiger partial charge in [0.25, 0.3) is 0 Å². The molecule has 0 aromatic heterocycles. The van der Waals surface area contributed by atoms with Crippen molar-refractivity contribution in [2.75, 3.05) is 40.3 Å². The van der Waals surface area contributed by atoms with Crippen molar-refractivity contribution in [2.24, 2.45) is 0 Å². The van der Waals surface area contributed by atoms with E-state index in [9.17, 15) is 16.8 Å². The monoisotopic (exact) mass is 423 g/mol. The third kappa shape index (κ3) is 4.44. The van der Waals surface area contributed by atoms with Gasteiger partial charge in [0.05, 0.1) is 9.79 Å². The maximum Gasteiger partial charge on any atom is 0.243 e. The lowest BCUT2D eigenvalue weighted by molar-refractivity contribution is 0.181. The zero-order valence-electron chi connectivity index (χ0n) is 16.0. The quantitative estimate of drug-likeness (QED) is 0.703. The fourth-order valence-electron chi connectivity index (χ4n) is 3.11. The summed E-state index contributed by atoms with van der Waals surface area (Å²) in [5, 5.41) is 0. The molecule has 7 nitrogen and oxygen atoms in total. The van der Waals surface area contributed by atoms with Crippen LogP contribution < -0.4 is 0 Å². The molecular formula is C19H25N3O4S2. The Hall–Kier alpha value is -1.78. The summed E-state index contributed by atoms with van der Waals surface area (Å²) in [5.74, 6) is 0. The van der Waals surface area contributed by atoms with Crippen molar-refractivity contribution in [3.63, 3.8) is 0 Å². The Morgan fingerprint density at radius 3 is 1.86 bits per heavy atom. The molecule has 2 aromatic rings. The van der Waals surface area contributed by atoms with E-state index < -0.39 is 20.0 Å². The van der Waals surface area contributed by atoms with Crippen molar-refractivity contribution < 1.29 is 16.8 Å². The second kappa shape index (κ2) is 8.30. The lowest BCUT2D eigenvalue weighted by Crippen LogP contribution is -2.48. The highest BCUT2D eigenvalue weighted by Gasteiger charge is 2.29. The van der Waals surface area contributed by atoms with Gasteiger partial charge in [-0.1, -0.05) is 30.3 Å². The minimum Gasteiger partial charge on any atom is -0.296 e. The van der Waals surface area contributed by atoms with Crippen LogP contribution in [0.2, 0.25) is 0 Å². The summed E-state index contributed by atoms with van der Waals surface area (Å²) < 4.78 is 52.6. The zero-order valence-corrected chi connectivity index (χ0v) is 17.7. The van der Waals surface area contributed by atoms with Crippen LogP contribution in [0.3, 0.4) is 0 Å². The molecule has 152 valence electrons. The van der Waals surface area contributed by atoms with Crippen molar-refractivity contribution in [3.05, 3.63) is 60.2 Å². The Balaban J connectivity index is 1.67. The second-order valence-corrected chi connectivity index (χ2v) is 11.0. The van der Waals surface area contributed by atoms with E-state index >= 15 is 0 Å². The van der Waals surface area contributed by atoms with Gasteiger partial charge in [-0.2, -0.15) is 4.31 Å². The van der Waals surface area contributed by atoms with Gasteiger partial charge in [0, 0.05) is 46.8 Å². The fourth-order valence-corrected chi connectivity index (χ4v) is 5.44. The van der Waals surface area contributed by atoms with E-state index in [4.69, 9.17) is 0 Å². The Morgan fingerprint density at radius 2 is 1.32 bits per heavy atom. The molecule has 0 N–H and O–H groups in total. The van der Waals surface area contributed by atoms with Crippen LogP contribution in [-0.2, 0) is 26.6 Å². The SMILES string of the molecule is CN(C)S(=O)(=O)c1ccc(S(=O)(=O)N2CCN(Cc3ccccc3)CC2)cc1. The van der Waals surface area contributed by atoms with Gasteiger partial charge in [-0.25, -0.2) is 21.1 Å². The molecule has 9 heteroatoms. The normalized spacial score (nSPS) is 17.1. The summed E-state index contributed by atoms with van der Waals surface area (Å²) in [6, 6.07) is 15.5. The van der Waals surface area contributed by atoms with Gasteiger partial charge in [0.1, 0.15) is 0 Å². The standard InChI is InChI=1S/C19H25N3O4S2/c1-20(2)27(23,24)18-8-10-19(11-9-18)28(25,26)22-14-12-21(13-15-22)16-17-6-4-3-5-7-17/h3-11H,12-16H2,1-2H3. The molecule has 0 aliphatic carbocycles. The van der Waals surface area contributed by atoms with Crippen molar-refractivity contribution in [1.82, 2.24) is 13.5 Å². The first-order valence-electron chi connectivity index (χ1n) is 9.00. The van der Waals surface area contributed by atoms with E-state index in [1.807, 2.05) is 18.2 Å². The number of rotatable bonds is 6. The van der Waals surface area contributed by atoms with Gasteiger partial charge < -0.3 is 0 Å².